The molecule has 1 saturated heterocycles. The van der Waals surface area contributed by atoms with Crippen LogP contribution in [0.3, 0.4) is 0 Å². The number of likely N-dealkylation sites (tertiary alicyclic amines) is 1. The summed E-state index contributed by atoms with van der Waals surface area (Å²) in [6.07, 6.45) is 7.59. The smallest absolute Gasteiger partial charge is 0.119 e. The molecule has 0 bridgehead atoms. The maximum absolute atomic E-state index is 5.80. The van der Waals surface area contributed by atoms with Crippen molar-refractivity contribution in [1.29, 1.82) is 0 Å². The zero-order chi connectivity index (χ0) is 14.0. The summed E-state index contributed by atoms with van der Waals surface area (Å²) in [4.78, 5) is 2.58. The van der Waals surface area contributed by atoms with Crippen LogP contribution in [-0.2, 0) is 6.42 Å². The van der Waals surface area contributed by atoms with E-state index < -0.39 is 0 Å². The molecule has 0 amide bonds. The molecule has 1 aliphatic rings. The van der Waals surface area contributed by atoms with Gasteiger partial charge in [-0.1, -0.05) is 25.0 Å². The first kappa shape index (κ1) is 15.3. The van der Waals surface area contributed by atoms with Crippen molar-refractivity contribution in [1.82, 2.24) is 4.90 Å². The van der Waals surface area contributed by atoms with Gasteiger partial charge in [0.15, 0.2) is 0 Å². The molecular weight excluding hydrogens is 248 g/mol. The van der Waals surface area contributed by atoms with Gasteiger partial charge in [0.25, 0.3) is 0 Å². The summed E-state index contributed by atoms with van der Waals surface area (Å²) in [5.41, 5.74) is 6.82. The quantitative estimate of drug-likeness (QED) is 0.778. The normalized spacial score (nSPS) is 16.9. The van der Waals surface area contributed by atoms with Crippen LogP contribution in [-0.4, -0.2) is 37.7 Å². The third-order valence-corrected chi connectivity index (χ3v) is 3.94. The molecule has 0 atom stereocenters. The summed E-state index contributed by atoms with van der Waals surface area (Å²) >= 11 is 0. The molecule has 0 unspecified atom stereocenters. The van der Waals surface area contributed by atoms with Gasteiger partial charge in [-0.05, 0) is 63.0 Å². The van der Waals surface area contributed by atoms with Crippen LogP contribution < -0.4 is 10.5 Å². The van der Waals surface area contributed by atoms with Crippen molar-refractivity contribution in [3.8, 4) is 5.75 Å². The predicted molar refractivity (Wildman–Crippen MR) is 84.2 cm³/mol. The van der Waals surface area contributed by atoms with E-state index in [2.05, 4.69) is 29.2 Å². The standard InChI is InChI=1S/C17H28N2O/c18-11-10-16-6-8-17(9-7-16)20-15-5-14-19-12-3-1-2-4-13-19/h6-9H,1-5,10-15,18H2. The lowest BCUT2D eigenvalue weighted by atomic mass is 10.1. The fraction of sp³-hybridized carbons (Fsp3) is 0.647. The van der Waals surface area contributed by atoms with Gasteiger partial charge in [0.2, 0.25) is 0 Å². The molecule has 1 aliphatic heterocycles. The molecule has 0 aromatic heterocycles. The number of hydrogen-bond donors (Lipinski definition) is 1. The molecule has 1 fully saturated rings. The molecule has 2 rings (SSSR count). The van der Waals surface area contributed by atoms with E-state index in [0.29, 0.717) is 6.54 Å². The van der Waals surface area contributed by atoms with Crippen LogP contribution in [0.2, 0.25) is 0 Å². The Kier molecular flexibility index (Phi) is 6.89. The van der Waals surface area contributed by atoms with E-state index in [0.717, 1.165) is 25.2 Å². The van der Waals surface area contributed by atoms with Gasteiger partial charge in [0.05, 0.1) is 6.61 Å². The van der Waals surface area contributed by atoms with Gasteiger partial charge in [0, 0.05) is 6.54 Å². The number of rotatable bonds is 7. The summed E-state index contributed by atoms with van der Waals surface area (Å²) in [6, 6.07) is 8.32. The van der Waals surface area contributed by atoms with E-state index in [1.165, 1.54) is 50.9 Å². The van der Waals surface area contributed by atoms with Crippen molar-refractivity contribution in [3.05, 3.63) is 29.8 Å². The lowest BCUT2D eigenvalue weighted by Gasteiger charge is -2.19. The van der Waals surface area contributed by atoms with Crippen LogP contribution in [0.1, 0.15) is 37.7 Å². The van der Waals surface area contributed by atoms with Gasteiger partial charge < -0.3 is 15.4 Å². The molecule has 1 aromatic rings. The van der Waals surface area contributed by atoms with E-state index in [1.807, 2.05) is 0 Å². The zero-order valence-electron chi connectivity index (χ0n) is 12.5. The first-order chi connectivity index (χ1) is 9.88. The number of benzene rings is 1. The highest BCUT2D eigenvalue weighted by atomic mass is 16.5. The van der Waals surface area contributed by atoms with Crippen LogP contribution in [0, 0.1) is 0 Å². The fourth-order valence-corrected chi connectivity index (χ4v) is 2.76. The number of hydrogen-bond acceptors (Lipinski definition) is 3. The van der Waals surface area contributed by atoms with Gasteiger partial charge in [-0.3, -0.25) is 0 Å². The first-order valence-electron chi connectivity index (χ1n) is 8.02. The van der Waals surface area contributed by atoms with Gasteiger partial charge in [0.1, 0.15) is 5.75 Å². The summed E-state index contributed by atoms with van der Waals surface area (Å²) in [6.45, 7) is 5.23. The van der Waals surface area contributed by atoms with Crippen LogP contribution in [0.25, 0.3) is 0 Å². The SMILES string of the molecule is NCCc1ccc(OCCCN2CCCCCC2)cc1. The largest absolute Gasteiger partial charge is 0.494 e. The maximum atomic E-state index is 5.80. The average Bonchev–Trinajstić information content (AvgIpc) is 2.74. The Bertz CT molecular complexity index is 356. The van der Waals surface area contributed by atoms with E-state index in [9.17, 15) is 0 Å². The van der Waals surface area contributed by atoms with Gasteiger partial charge in [-0.2, -0.15) is 0 Å². The van der Waals surface area contributed by atoms with Gasteiger partial charge in [-0.25, -0.2) is 0 Å². The highest BCUT2D eigenvalue weighted by Crippen LogP contribution is 2.13. The van der Waals surface area contributed by atoms with Crippen LogP contribution >= 0.6 is 0 Å². The third kappa shape index (κ3) is 5.51. The van der Waals surface area contributed by atoms with E-state index in [4.69, 9.17) is 10.5 Å². The minimum atomic E-state index is 0.704. The van der Waals surface area contributed by atoms with Crippen molar-refractivity contribution < 1.29 is 4.74 Å². The lowest BCUT2D eigenvalue weighted by molar-refractivity contribution is 0.240. The van der Waals surface area contributed by atoms with Crippen LogP contribution in [0.5, 0.6) is 5.75 Å². The highest BCUT2D eigenvalue weighted by Gasteiger charge is 2.08. The molecule has 0 aliphatic carbocycles. The second-order valence-electron chi connectivity index (χ2n) is 5.64. The third-order valence-electron chi connectivity index (χ3n) is 3.94. The fourth-order valence-electron chi connectivity index (χ4n) is 2.76. The van der Waals surface area contributed by atoms with Gasteiger partial charge >= 0.3 is 0 Å². The average molecular weight is 276 g/mol. The molecule has 0 spiro atoms. The first-order valence-corrected chi connectivity index (χ1v) is 8.02. The zero-order valence-corrected chi connectivity index (χ0v) is 12.5. The van der Waals surface area contributed by atoms with Crippen molar-refractivity contribution >= 4 is 0 Å². The summed E-state index contributed by atoms with van der Waals surface area (Å²) < 4.78 is 5.80. The molecule has 2 N–H and O–H groups in total. The van der Waals surface area contributed by atoms with Crippen LogP contribution in [0.15, 0.2) is 24.3 Å². The predicted octanol–water partition coefficient (Wildman–Crippen LogP) is 2.83. The Morgan fingerprint density at radius 3 is 2.35 bits per heavy atom. The van der Waals surface area contributed by atoms with Crippen molar-refractivity contribution in [2.45, 2.75) is 38.5 Å². The topological polar surface area (TPSA) is 38.5 Å². The summed E-state index contributed by atoms with van der Waals surface area (Å²) in [5, 5.41) is 0. The summed E-state index contributed by atoms with van der Waals surface area (Å²) in [7, 11) is 0. The molecule has 3 nitrogen and oxygen atoms in total. The number of nitrogens with two attached hydrogens (primary N) is 1. The molecule has 0 radical (unpaired) electrons. The second-order valence-corrected chi connectivity index (χ2v) is 5.64. The van der Waals surface area contributed by atoms with E-state index in [1.54, 1.807) is 0 Å². The molecule has 1 heterocycles. The number of ether oxygens (including phenoxy) is 1. The molecule has 3 heteroatoms. The van der Waals surface area contributed by atoms with Gasteiger partial charge in [-0.15, -0.1) is 0 Å². The van der Waals surface area contributed by atoms with Crippen LogP contribution in [0.4, 0.5) is 0 Å². The Labute approximate surface area is 123 Å². The maximum Gasteiger partial charge on any atom is 0.119 e. The Balaban J connectivity index is 1.62. The lowest BCUT2D eigenvalue weighted by Crippen LogP contribution is -2.26. The van der Waals surface area contributed by atoms with Crippen molar-refractivity contribution in [2.24, 2.45) is 5.73 Å². The van der Waals surface area contributed by atoms with Crippen molar-refractivity contribution in [2.75, 3.05) is 32.8 Å². The monoisotopic (exact) mass is 276 g/mol. The number of nitrogens with zero attached hydrogens (tertiary/aromatic N) is 1. The minimum absolute atomic E-state index is 0.704. The molecule has 1 aromatic carbocycles. The molecule has 0 saturated carbocycles. The molecule has 20 heavy (non-hydrogen) atoms. The van der Waals surface area contributed by atoms with E-state index in [-0.39, 0.29) is 0 Å². The van der Waals surface area contributed by atoms with E-state index >= 15 is 0 Å². The minimum Gasteiger partial charge on any atom is -0.494 e. The summed E-state index contributed by atoms with van der Waals surface area (Å²) in [5.74, 6) is 0.974. The van der Waals surface area contributed by atoms with Crippen molar-refractivity contribution in [3.63, 3.8) is 0 Å². The second kappa shape index (κ2) is 8.98. The Morgan fingerprint density at radius 2 is 1.70 bits per heavy atom. The molecule has 112 valence electrons. The Morgan fingerprint density at radius 1 is 1.00 bits per heavy atom. The Hall–Kier alpha value is -1.06. The highest BCUT2D eigenvalue weighted by molar-refractivity contribution is 5.27. The molecular formula is C17H28N2O.